The molecular weight excluding hydrogens is 292 g/mol. The zero-order valence-electron chi connectivity index (χ0n) is 12.6. The molecule has 0 unspecified atom stereocenters. The van der Waals surface area contributed by atoms with E-state index in [1.54, 1.807) is 13.0 Å². The highest BCUT2D eigenvalue weighted by atomic mass is 35.5. The minimum absolute atomic E-state index is 0.0552. The Morgan fingerprint density at radius 3 is 2.62 bits per heavy atom. The minimum atomic E-state index is -0.492. The third-order valence-electron chi connectivity index (χ3n) is 3.25. The molecule has 0 saturated heterocycles. The van der Waals surface area contributed by atoms with Gasteiger partial charge in [0, 0.05) is 30.1 Å². The summed E-state index contributed by atoms with van der Waals surface area (Å²) >= 11 is 5.68. The maximum Gasteiger partial charge on any atom is 0.270 e. The molecule has 0 saturated carbocycles. The molecule has 5 nitrogen and oxygen atoms in total. The van der Waals surface area contributed by atoms with Crippen molar-refractivity contribution in [3.63, 3.8) is 0 Å². The second kappa shape index (κ2) is 7.41. The van der Waals surface area contributed by atoms with Crippen LogP contribution in [0.5, 0.6) is 0 Å². The lowest BCUT2D eigenvalue weighted by Gasteiger charge is -2.24. The summed E-state index contributed by atoms with van der Waals surface area (Å²) in [5.74, 6) is 0.308. The fraction of sp³-hybridized carbons (Fsp3) is 0.533. The first-order chi connectivity index (χ1) is 9.75. The van der Waals surface area contributed by atoms with Gasteiger partial charge in [-0.2, -0.15) is 0 Å². The smallest absolute Gasteiger partial charge is 0.270 e. The Bertz CT molecular complexity index is 530. The van der Waals surface area contributed by atoms with E-state index in [9.17, 15) is 14.9 Å². The number of nitro benzene ring substituents is 1. The van der Waals surface area contributed by atoms with E-state index in [1.807, 2.05) is 0 Å². The number of halogens is 1. The van der Waals surface area contributed by atoms with Gasteiger partial charge in [-0.15, -0.1) is 11.6 Å². The highest BCUT2D eigenvalue weighted by molar-refractivity contribution is 6.17. The number of hydrogen-bond donors (Lipinski definition) is 1. The molecule has 116 valence electrons. The van der Waals surface area contributed by atoms with Gasteiger partial charge in [-0.3, -0.25) is 14.9 Å². The van der Waals surface area contributed by atoms with Gasteiger partial charge < -0.3 is 5.32 Å². The Labute approximate surface area is 129 Å². The molecule has 0 bridgehead atoms. The average Bonchev–Trinajstić information content (AvgIpc) is 2.42. The predicted molar refractivity (Wildman–Crippen MR) is 83.9 cm³/mol. The largest absolute Gasteiger partial charge is 0.351 e. The summed E-state index contributed by atoms with van der Waals surface area (Å²) in [6.07, 6.45) is 1.80. The van der Waals surface area contributed by atoms with E-state index in [-0.39, 0.29) is 17.0 Å². The Morgan fingerprint density at radius 2 is 2.05 bits per heavy atom. The van der Waals surface area contributed by atoms with Crippen LogP contribution < -0.4 is 5.32 Å². The van der Waals surface area contributed by atoms with Crippen LogP contribution in [-0.2, 0) is 0 Å². The quantitative estimate of drug-likeness (QED) is 0.474. The van der Waals surface area contributed by atoms with Crippen molar-refractivity contribution < 1.29 is 9.72 Å². The molecule has 0 aliphatic carbocycles. The first-order valence-electron chi connectivity index (χ1n) is 6.85. The number of hydrogen-bond acceptors (Lipinski definition) is 3. The number of rotatable bonds is 7. The summed E-state index contributed by atoms with van der Waals surface area (Å²) in [6, 6.07) is 4.39. The zero-order chi connectivity index (χ0) is 16.0. The van der Waals surface area contributed by atoms with E-state index >= 15 is 0 Å². The maximum atomic E-state index is 12.1. The van der Waals surface area contributed by atoms with Crippen molar-refractivity contribution in [3.05, 3.63) is 39.4 Å². The van der Waals surface area contributed by atoms with Crippen molar-refractivity contribution >= 4 is 23.2 Å². The monoisotopic (exact) mass is 312 g/mol. The summed E-state index contributed by atoms with van der Waals surface area (Å²) in [5, 5.41) is 13.7. The second-order valence-electron chi connectivity index (χ2n) is 5.95. The van der Waals surface area contributed by atoms with Crippen molar-refractivity contribution in [2.24, 2.45) is 5.41 Å². The number of nitrogens with one attached hydrogen (secondary N) is 1. The number of carbonyl (C=O) groups excluding carboxylic acids is 1. The fourth-order valence-corrected chi connectivity index (χ4v) is 2.19. The lowest BCUT2D eigenvalue weighted by Crippen LogP contribution is -2.34. The standard InChI is InChI=1S/C15H21ClN2O3/c1-11-7-12(9-13(8-11)18(20)21)14(19)17-10-15(2,3)5-4-6-16/h7-9H,4-6,10H2,1-3H3,(H,17,19). The number of alkyl halides is 1. The molecular formula is C15H21ClN2O3. The normalized spacial score (nSPS) is 11.2. The van der Waals surface area contributed by atoms with Gasteiger partial charge in [-0.1, -0.05) is 13.8 Å². The van der Waals surface area contributed by atoms with Crippen LogP contribution in [0.15, 0.2) is 18.2 Å². The molecule has 0 fully saturated rings. The van der Waals surface area contributed by atoms with Gasteiger partial charge >= 0.3 is 0 Å². The van der Waals surface area contributed by atoms with Gasteiger partial charge in [0.2, 0.25) is 0 Å². The third-order valence-corrected chi connectivity index (χ3v) is 3.52. The SMILES string of the molecule is Cc1cc(C(=O)NCC(C)(C)CCCCl)cc([N+](=O)[O-])c1. The topological polar surface area (TPSA) is 72.2 Å². The van der Waals surface area contributed by atoms with Crippen LogP contribution in [0.1, 0.15) is 42.6 Å². The van der Waals surface area contributed by atoms with Crippen molar-refractivity contribution in [2.75, 3.05) is 12.4 Å². The number of carbonyl (C=O) groups is 1. The van der Waals surface area contributed by atoms with Gasteiger partial charge in [-0.25, -0.2) is 0 Å². The van der Waals surface area contributed by atoms with Crippen LogP contribution >= 0.6 is 11.6 Å². The Morgan fingerprint density at radius 1 is 1.38 bits per heavy atom. The molecule has 0 aromatic heterocycles. The Hall–Kier alpha value is -1.62. The van der Waals surface area contributed by atoms with E-state index in [4.69, 9.17) is 11.6 Å². The van der Waals surface area contributed by atoms with Gasteiger partial charge in [0.25, 0.3) is 11.6 Å². The molecule has 1 N–H and O–H groups in total. The van der Waals surface area contributed by atoms with Crippen LogP contribution in [0.4, 0.5) is 5.69 Å². The first-order valence-corrected chi connectivity index (χ1v) is 7.39. The maximum absolute atomic E-state index is 12.1. The lowest BCUT2D eigenvalue weighted by molar-refractivity contribution is -0.384. The van der Waals surface area contributed by atoms with Crippen LogP contribution in [0.2, 0.25) is 0 Å². The molecule has 0 atom stereocenters. The summed E-state index contributed by atoms with van der Waals surface area (Å²) < 4.78 is 0. The molecule has 0 spiro atoms. The summed E-state index contributed by atoms with van der Waals surface area (Å²) in [6.45, 7) is 6.34. The number of aryl methyl sites for hydroxylation is 1. The number of amides is 1. The van der Waals surface area contributed by atoms with Gasteiger partial charge in [0.1, 0.15) is 0 Å². The Balaban J connectivity index is 2.74. The van der Waals surface area contributed by atoms with Crippen molar-refractivity contribution in [1.82, 2.24) is 5.32 Å². The first kappa shape index (κ1) is 17.4. The molecule has 6 heteroatoms. The lowest BCUT2D eigenvalue weighted by atomic mass is 9.88. The predicted octanol–water partition coefficient (Wildman–Crippen LogP) is 3.68. The fourth-order valence-electron chi connectivity index (χ4n) is 2.05. The number of nitrogens with zero attached hydrogens (tertiary/aromatic N) is 1. The number of nitro groups is 1. The van der Waals surface area contributed by atoms with E-state index < -0.39 is 4.92 Å². The highest BCUT2D eigenvalue weighted by Gasteiger charge is 2.20. The highest BCUT2D eigenvalue weighted by Crippen LogP contribution is 2.22. The van der Waals surface area contributed by atoms with Crippen molar-refractivity contribution in [3.8, 4) is 0 Å². The second-order valence-corrected chi connectivity index (χ2v) is 6.33. The van der Waals surface area contributed by atoms with E-state index in [0.29, 0.717) is 23.6 Å². The molecule has 0 aliphatic rings. The summed E-state index contributed by atoms with van der Waals surface area (Å²) in [5.41, 5.74) is 0.882. The van der Waals surface area contributed by atoms with Crippen LogP contribution in [0.3, 0.4) is 0 Å². The van der Waals surface area contributed by atoms with Gasteiger partial charge in [0.05, 0.1) is 4.92 Å². The molecule has 0 heterocycles. The molecule has 0 radical (unpaired) electrons. The zero-order valence-corrected chi connectivity index (χ0v) is 13.4. The van der Waals surface area contributed by atoms with Crippen LogP contribution in [-0.4, -0.2) is 23.3 Å². The van der Waals surface area contributed by atoms with Gasteiger partial charge in [0.15, 0.2) is 0 Å². The van der Waals surface area contributed by atoms with Gasteiger partial charge in [-0.05, 0) is 36.8 Å². The summed E-state index contributed by atoms with van der Waals surface area (Å²) in [4.78, 5) is 22.5. The molecule has 1 amide bonds. The molecule has 1 rings (SSSR count). The molecule has 1 aromatic rings. The minimum Gasteiger partial charge on any atom is -0.351 e. The molecule has 0 aliphatic heterocycles. The van der Waals surface area contributed by atoms with Crippen LogP contribution in [0, 0.1) is 22.5 Å². The number of non-ortho nitro benzene ring substituents is 1. The van der Waals surface area contributed by atoms with Crippen molar-refractivity contribution in [1.29, 1.82) is 0 Å². The Kier molecular flexibility index (Phi) is 6.15. The summed E-state index contributed by atoms with van der Waals surface area (Å²) in [7, 11) is 0. The third kappa shape index (κ3) is 5.71. The average molecular weight is 313 g/mol. The van der Waals surface area contributed by atoms with E-state index in [0.717, 1.165) is 12.8 Å². The molecule has 1 aromatic carbocycles. The van der Waals surface area contributed by atoms with Crippen molar-refractivity contribution in [2.45, 2.75) is 33.6 Å². The number of benzene rings is 1. The van der Waals surface area contributed by atoms with Crippen LogP contribution in [0.25, 0.3) is 0 Å². The molecule has 21 heavy (non-hydrogen) atoms. The van der Waals surface area contributed by atoms with E-state index in [1.165, 1.54) is 12.1 Å². The van der Waals surface area contributed by atoms with E-state index in [2.05, 4.69) is 19.2 Å².